The van der Waals surface area contributed by atoms with E-state index in [0.29, 0.717) is 5.41 Å². The van der Waals surface area contributed by atoms with E-state index in [0.717, 1.165) is 11.8 Å². The molecule has 1 saturated carbocycles. The van der Waals surface area contributed by atoms with E-state index in [2.05, 4.69) is 43.4 Å². The summed E-state index contributed by atoms with van der Waals surface area (Å²) in [6, 6.07) is 9.31. The van der Waals surface area contributed by atoms with Crippen LogP contribution in [0.2, 0.25) is 0 Å². The maximum atomic E-state index is 3.64. The number of rotatable bonds is 1. The zero-order valence-electron chi connectivity index (χ0n) is 12.4. The van der Waals surface area contributed by atoms with Crippen LogP contribution in [-0.4, -0.2) is 13.1 Å². The first-order valence-electron chi connectivity index (χ1n) is 8.00. The van der Waals surface area contributed by atoms with Crippen LogP contribution in [0.5, 0.6) is 0 Å². The van der Waals surface area contributed by atoms with Gasteiger partial charge in [-0.3, -0.25) is 0 Å². The second-order valence-corrected chi connectivity index (χ2v) is 6.80. The Morgan fingerprint density at radius 1 is 1.11 bits per heavy atom. The van der Waals surface area contributed by atoms with Gasteiger partial charge in [0.05, 0.1) is 0 Å². The molecule has 1 aliphatic carbocycles. The predicted molar refractivity (Wildman–Crippen MR) is 81.5 cm³/mol. The summed E-state index contributed by atoms with van der Waals surface area (Å²) in [4.78, 5) is 0. The number of piperidine rings is 1. The molecule has 19 heavy (non-hydrogen) atoms. The van der Waals surface area contributed by atoms with Crippen molar-refractivity contribution in [3.8, 4) is 0 Å². The smallest absolute Gasteiger partial charge is 0.00256 e. The van der Waals surface area contributed by atoms with Gasteiger partial charge in [-0.2, -0.15) is 0 Å². The fourth-order valence-electron chi connectivity index (χ4n) is 4.52. The van der Waals surface area contributed by atoms with Gasteiger partial charge in [0, 0.05) is 12.5 Å². The fourth-order valence-corrected chi connectivity index (χ4v) is 4.52. The highest BCUT2D eigenvalue weighted by Crippen LogP contribution is 2.53. The molecule has 0 aromatic heterocycles. The maximum absolute atomic E-state index is 3.64. The summed E-state index contributed by atoms with van der Waals surface area (Å²) in [6.07, 6.45) is 7.12. The molecule has 2 aliphatic rings. The molecule has 0 amide bonds. The van der Waals surface area contributed by atoms with E-state index < -0.39 is 0 Å². The molecule has 3 rings (SSSR count). The molecule has 3 unspecified atom stereocenters. The van der Waals surface area contributed by atoms with Crippen molar-refractivity contribution in [3.63, 3.8) is 0 Å². The van der Waals surface area contributed by atoms with Gasteiger partial charge in [-0.1, -0.05) is 56.0 Å². The Bertz CT molecular complexity index is 416. The van der Waals surface area contributed by atoms with Crippen molar-refractivity contribution in [1.82, 2.24) is 5.32 Å². The molecule has 1 spiro atoms. The van der Waals surface area contributed by atoms with Crippen molar-refractivity contribution in [3.05, 3.63) is 35.4 Å². The molecule has 1 saturated heterocycles. The summed E-state index contributed by atoms with van der Waals surface area (Å²) >= 11 is 0. The molecule has 1 aromatic rings. The molecule has 1 heteroatoms. The molecule has 1 aromatic carbocycles. The molecule has 1 heterocycles. The fraction of sp³-hybridized carbons (Fsp3) is 0.667. The highest BCUT2D eigenvalue weighted by atomic mass is 14.9. The van der Waals surface area contributed by atoms with Gasteiger partial charge in [-0.05, 0) is 43.2 Å². The zero-order chi connectivity index (χ0) is 13.3. The molecule has 0 bridgehead atoms. The third-order valence-electron chi connectivity index (χ3n) is 5.80. The van der Waals surface area contributed by atoms with Crippen LogP contribution in [0.1, 0.15) is 56.1 Å². The molecule has 3 atom stereocenters. The van der Waals surface area contributed by atoms with E-state index in [1.807, 2.05) is 0 Å². The van der Waals surface area contributed by atoms with E-state index in [1.165, 1.54) is 50.8 Å². The van der Waals surface area contributed by atoms with E-state index in [-0.39, 0.29) is 0 Å². The van der Waals surface area contributed by atoms with Crippen molar-refractivity contribution in [2.45, 2.75) is 51.9 Å². The quantitative estimate of drug-likeness (QED) is 0.792. The first-order valence-corrected chi connectivity index (χ1v) is 8.00. The van der Waals surface area contributed by atoms with Gasteiger partial charge >= 0.3 is 0 Å². The van der Waals surface area contributed by atoms with Gasteiger partial charge < -0.3 is 5.32 Å². The van der Waals surface area contributed by atoms with Crippen LogP contribution in [0.15, 0.2) is 24.3 Å². The Hall–Kier alpha value is -0.820. The maximum Gasteiger partial charge on any atom is 0.00256 e. The molecule has 104 valence electrons. The van der Waals surface area contributed by atoms with Crippen LogP contribution in [0.25, 0.3) is 0 Å². The Labute approximate surface area is 117 Å². The lowest BCUT2D eigenvalue weighted by atomic mass is 9.56. The van der Waals surface area contributed by atoms with Crippen LogP contribution >= 0.6 is 0 Å². The summed E-state index contributed by atoms with van der Waals surface area (Å²) < 4.78 is 0. The Morgan fingerprint density at radius 3 is 2.63 bits per heavy atom. The predicted octanol–water partition coefficient (Wildman–Crippen LogP) is 4.27. The van der Waals surface area contributed by atoms with E-state index >= 15 is 0 Å². The van der Waals surface area contributed by atoms with Gasteiger partial charge in [-0.15, -0.1) is 0 Å². The summed E-state index contributed by atoms with van der Waals surface area (Å²) in [5.41, 5.74) is 3.50. The summed E-state index contributed by atoms with van der Waals surface area (Å²) in [7, 11) is 0. The van der Waals surface area contributed by atoms with Crippen LogP contribution < -0.4 is 5.32 Å². The highest BCUT2D eigenvalue weighted by molar-refractivity contribution is 5.28. The number of hydrogen-bond donors (Lipinski definition) is 1. The summed E-state index contributed by atoms with van der Waals surface area (Å²) in [5, 5.41) is 3.64. The van der Waals surface area contributed by atoms with Gasteiger partial charge in [0.1, 0.15) is 0 Å². The van der Waals surface area contributed by atoms with Crippen LogP contribution in [0, 0.1) is 18.3 Å². The molecule has 1 nitrogen and oxygen atoms in total. The Morgan fingerprint density at radius 2 is 1.89 bits per heavy atom. The van der Waals surface area contributed by atoms with Gasteiger partial charge in [0.15, 0.2) is 0 Å². The number of aryl methyl sites for hydroxylation is 1. The first-order chi connectivity index (χ1) is 9.22. The minimum Gasteiger partial charge on any atom is -0.316 e. The minimum absolute atomic E-state index is 0.568. The minimum atomic E-state index is 0.568. The first kappa shape index (κ1) is 13.2. The second kappa shape index (κ2) is 5.28. The zero-order valence-corrected chi connectivity index (χ0v) is 12.4. The van der Waals surface area contributed by atoms with Gasteiger partial charge in [-0.25, -0.2) is 0 Å². The molecule has 0 radical (unpaired) electrons. The lowest BCUT2D eigenvalue weighted by Crippen LogP contribution is -2.48. The monoisotopic (exact) mass is 257 g/mol. The van der Waals surface area contributed by atoms with Crippen molar-refractivity contribution < 1.29 is 0 Å². The molecular weight excluding hydrogens is 230 g/mol. The van der Waals surface area contributed by atoms with Crippen molar-refractivity contribution >= 4 is 0 Å². The lowest BCUT2D eigenvalue weighted by molar-refractivity contribution is 0.0419. The third kappa shape index (κ3) is 2.33. The van der Waals surface area contributed by atoms with Crippen LogP contribution in [0.4, 0.5) is 0 Å². The average Bonchev–Trinajstić information content (AvgIpc) is 2.44. The normalized spacial score (nSPS) is 35.5. The number of hydrogen-bond acceptors (Lipinski definition) is 1. The van der Waals surface area contributed by atoms with Crippen LogP contribution in [0.3, 0.4) is 0 Å². The van der Waals surface area contributed by atoms with E-state index in [1.54, 1.807) is 5.56 Å². The van der Waals surface area contributed by atoms with E-state index in [4.69, 9.17) is 0 Å². The standard InChI is InChI=1S/C18H27N/c1-14-6-8-16(9-7-14)17-13-19-12-11-18(17)10-4-3-5-15(18)2/h6-9,15,17,19H,3-5,10-13H2,1-2H3. The molecule has 1 N–H and O–H groups in total. The topological polar surface area (TPSA) is 12.0 Å². The number of benzene rings is 1. The lowest BCUT2D eigenvalue weighted by Gasteiger charge is -2.51. The Balaban J connectivity index is 1.94. The molecule has 1 aliphatic heterocycles. The van der Waals surface area contributed by atoms with Gasteiger partial charge in [0.25, 0.3) is 0 Å². The van der Waals surface area contributed by atoms with Crippen LogP contribution in [-0.2, 0) is 0 Å². The van der Waals surface area contributed by atoms with E-state index in [9.17, 15) is 0 Å². The Kier molecular flexibility index (Phi) is 3.66. The largest absolute Gasteiger partial charge is 0.316 e. The number of nitrogens with one attached hydrogen (secondary N) is 1. The SMILES string of the molecule is Cc1ccc(C2CNCCC23CCCCC3C)cc1. The summed E-state index contributed by atoms with van der Waals surface area (Å²) in [6.45, 7) is 7.08. The molecular formula is C18H27N. The van der Waals surface area contributed by atoms with Crippen molar-refractivity contribution in [1.29, 1.82) is 0 Å². The average molecular weight is 257 g/mol. The van der Waals surface area contributed by atoms with Crippen molar-refractivity contribution in [2.75, 3.05) is 13.1 Å². The third-order valence-corrected chi connectivity index (χ3v) is 5.80. The summed E-state index contributed by atoms with van der Waals surface area (Å²) in [5.74, 6) is 1.60. The molecule has 2 fully saturated rings. The van der Waals surface area contributed by atoms with Gasteiger partial charge in [0.2, 0.25) is 0 Å². The van der Waals surface area contributed by atoms with Crippen molar-refractivity contribution in [2.24, 2.45) is 11.3 Å². The highest BCUT2D eigenvalue weighted by Gasteiger charge is 2.46. The second-order valence-electron chi connectivity index (χ2n) is 6.80.